The molecule has 2 N–H and O–H groups in total. The van der Waals surface area contributed by atoms with Crippen molar-refractivity contribution >= 4 is 22.7 Å². The van der Waals surface area contributed by atoms with Crippen LogP contribution in [0.4, 0.5) is 4.39 Å². The molecular formula is C8H10ClFN2O2. The Morgan fingerprint density at radius 2 is 2.36 bits per heavy atom. The quantitative estimate of drug-likeness (QED) is 0.736. The predicted octanol–water partition coefficient (Wildman–Crippen LogP) is 0.707. The average molecular weight is 221 g/mol. The van der Waals surface area contributed by atoms with Gasteiger partial charge in [-0.05, 0) is 0 Å². The normalized spacial score (nSPS) is 16.6. The molecule has 6 heteroatoms. The van der Waals surface area contributed by atoms with Gasteiger partial charge in [-0.3, -0.25) is 4.79 Å². The Kier molecular flexibility index (Phi) is 4.03. The van der Waals surface area contributed by atoms with Crippen molar-refractivity contribution in [3.05, 3.63) is 11.5 Å². The number of aliphatic hydroxyl groups excluding tert-OH is 1. The highest BCUT2D eigenvalue weighted by atomic mass is 35.5. The number of halogens is 2. The van der Waals surface area contributed by atoms with Gasteiger partial charge in [0.1, 0.15) is 11.0 Å². The number of hydrogen-bond acceptors (Lipinski definition) is 3. The minimum atomic E-state index is -0.644. The molecule has 1 amide bonds. The second-order valence-corrected chi connectivity index (χ2v) is 3.16. The van der Waals surface area contributed by atoms with Crippen LogP contribution >= 0.6 is 11.6 Å². The molecule has 14 heavy (non-hydrogen) atoms. The van der Waals surface area contributed by atoms with Crippen molar-refractivity contribution in [1.82, 2.24) is 5.32 Å². The maximum Gasteiger partial charge on any atom is 0.272 e. The summed E-state index contributed by atoms with van der Waals surface area (Å²) in [6.07, 6.45) is 0.425. The third kappa shape index (κ3) is 2.78. The smallest absolute Gasteiger partial charge is 0.272 e. The van der Waals surface area contributed by atoms with E-state index in [1.165, 1.54) is 0 Å². The minimum absolute atomic E-state index is 0.0722. The number of allylic oxidation sites excluding steroid dienone is 1. The maximum atomic E-state index is 13.1. The lowest BCUT2D eigenvalue weighted by molar-refractivity contribution is -0.117. The first kappa shape index (κ1) is 11.1. The molecule has 0 saturated carbocycles. The van der Waals surface area contributed by atoms with Crippen LogP contribution in [-0.2, 0) is 4.79 Å². The van der Waals surface area contributed by atoms with E-state index in [4.69, 9.17) is 16.7 Å². The first-order chi connectivity index (χ1) is 6.65. The van der Waals surface area contributed by atoms with Gasteiger partial charge in [-0.25, -0.2) is 9.38 Å². The molecule has 0 atom stereocenters. The Morgan fingerprint density at radius 3 is 3.00 bits per heavy atom. The van der Waals surface area contributed by atoms with Crippen molar-refractivity contribution in [3.63, 3.8) is 0 Å². The molecule has 0 unspecified atom stereocenters. The molecule has 0 aliphatic carbocycles. The van der Waals surface area contributed by atoms with E-state index in [9.17, 15) is 9.18 Å². The van der Waals surface area contributed by atoms with E-state index < -0.39 is 11.7 Å². The Morgan fingerprint density at radius 1 is 1.64 bits per heavy atom. The van der Waals surface area contributed by atoms with Crippen LogP contribution in [0.15, 0.2) is 16.5 Å². The predicted molar refractivity (Wildman–Crippen MR) is 50.8 cm³/mol. The molecule has 4 nitrogen and oxygen atoms in total. The minimum Gasteiger partial charge on any atom is -0.395 e. The number of nitrogens with zero attached hydrogens (tertiary/aromatic N) is 1. The fourth-order valence-electron chi connectivity index (χ4n) is 0.996. The van der Waals surface area contributed by atoms with Gasteiger partial charge >= 0.3 is 0 Å². The summed E-state index contributed by atoms with van der Waals surface area (Å²) in [4.78, 5) is 14.8. The summed E-state index contributed by atoms with van der Waals surface area (Å²) in [7, 11) is 0. The van der Waals surface area contributed by atoms with Crippen molar-refractivity contribution in [2.75, 3.05) is 13.2 Å². The summed E-state index contributed by atoms with van der Waals surface area (Å²) < 4.78 is 13.1. The van der Waals surface area contributed by atoms with Crippen LogP contribution in [0.25, 0.3) is 0 Å². The summed E-state index contributed by atoms with van der Waals surface area (Å²) in [5.74, 6) is -1.21. The fraction of sp³-hybridized carbons (Fsp3) is 0.500. The van der Waals surface area contributed by atoms with Gasteiger partial charge in [0, 0.05) is 19.4 Å². The van der Waals surface area contributed by atoms with Crippen LogP contribution in [0.3, 0.4) is 0 Å². The Bertz CT molecular complexity index is 302. The molecule has 1 heterocycles. The highest BCUT2D eigenvalue weighted by molar-refractivity contribution is 6.65. The summed E-state index contributed by atoms with van der Waals surface area (Å²) in [5, 5.41) is 11.0. The van der Waals surface area contributed by atoms with Gasteiger partial charge in [-0.1, -0.05) is 11.6 Å². The SMILES string of the molecule is O=C(NCCO)C1=C(F)CCC(Cl)=N1. The molecule has 0 fully saturated rings. The number of rotatable bonds is 3. The van der Waals surface area contributed by atoms with Gasteiger partial charge in [-0.2, -0.15) is 0 Å². The monoisotopic (exact) mass is 220 g/mol. The number of hydrogen-bond donors (Lipinski definition) is 2. The van der Waals surface area contributed by atoms with Crippen molar-refractivity contribution < 1.29 is 14.3 Å². The van der Waals surface area contributed by atoms with E-state index in [0.717, 1.165) is 0 Å². The van der Waals surface area contributed by atoms with E-state index in [-0.39, 0.29) is 30.4 Å². The van der Waals surface area contributed by atoms with E-state index in [2.05, 4.69) is 10.3 Å². The first-order valence-corrected chi connectivity index (χ1v) is 4.53. The average Bonchev–Trinajstić information content (AvgIpc) is 2.18. The zero-order chi connectivity index (χ0) is 10.6. The fourth-order valence-corrected chi connectivity index (χ4v) is 1.18. The molecule has 1 aliphatic heterocycles. The van der Waals surface area contributed by atoms with E-state index >= 15 is 0 Å². The highest BCUT2D eigenvalue weighted by Gasteiger charge is 2.19. The molecule has 1 rings (SSSR count). The van der Waals surface area contributed by atoms with Crippen LogP contribution in [-0.4, -0.2) is 29.3 Å². The second kappa shape index (κ2) is 5.07. The van der Waals surface area contributed by atoms with Gasteiger partial charge in [-0.15, -0.1) is 0 Å². The molecule has 0 aromatic heterocycles. The standard InChI is InChI=1S/C8H10ClFN2O2/c9-6-2-1-5(10)7(12-6)8(14)11-3-4-13/h13H,1-4H2,(H,11,14). The molecule has 0 aromatic carbocycles. The molecule has 0 spiro atoms. The van der Waals surface area contributed by atoms with Crippen LogP contribution in [0.2, 0.25) is 0 Å². The van der Waals surface area contributed by atoms with E-state index in [1.807, 2.05) is 0 Å². The number of carbonyl (C=O) groups excluding carboxylic acids is 1. The molecule has 0 bridgehead atoms. The van der Waals surface area contributed by atoms with Gasteiger partial charge in [0.25, 0.3) is 5.91 Å². The zero-order valence-corrected chi connectivity index (χ0v) is 8.14. The molecular weight excluding hydrogens is 211 g/mol. The zero-order valence-electron chi connectivity index (χ0n) is 7.39. The number of amides is 1. The third-order valence-electron chi connectivity index (χ3n) is 1.65. The van der Waals surface area contributed by atoms with Crippen molar-refractivity contribution in [2.24, 2.45) is 4.99 Å². The number of carbonyl (C=O) groups is 1. The number of nitrogens with one attached hydrogen (secondary N) is 1. The molecule has 78 valence electrons. The summed E-state index contributed by atoms with van der Waals surface area (Å²) in [6, 6.07) is 0. The summed E-state index contributed by atoms with van der Waals surface area (Å²) in [6.45, 7) is -0.124. The van der Waals surface area contributed by atoms with Crippen LogP contribution in [0, 0.1) is 0 Å². The van der Waals surface area contributed by atoms with Gasteiger partial charge in [0.2, 0.25) is 0 Å². The van der Waals surface area contributed by atoms with E-state index in [0.29, 0.717) is 6.42 Å². The number of aliphatic imine (C=N–C) groups is 1. The second-order valence-electron chi connectivity index (χ2n) is 2.72. The van der Waals surface area contributed by atoms with Gasteiger partial charge in [0.05, 0.1) is 6.61 Å². The van der Waals surface area contributed by atoms with Crippen molar-refractivity contribution in [3.8, 4) is 0 Å². The lowest BCUT2D eigenvalue weighted by Crippen LogP contribution is -2.28. The lowest BCUT2D eigenvalue weighted by Gasteiger charge is -2.10. The Labute approximate surface area is 85.5 Å². The molecule has 0 aromatic rings. The largest absolute Gasteiger partial charge is 0.395 e. The molecule has 1 aliphatic rings. The van der Waals surface area contributed by atoms with Crippen LogP contribution in [0.1, 0.15) is 12.8 Å². The van der Waals surface area contributed by atoms with Crippen molar-refractivity contribution in [1.29, 1.82) is 0 Å². The van der Waals surface area contributed by atoms with Gasteiger partial charge in [0.15, 0.2) is 5.70 Å². The Hall–Kier alpha value is -0.940. The highest BCUT2D eigenvalue weighted by Crippen LogP contribution is 2.21. The Balaban J connectivity index is 2.70. The van der Waals surface area contributed by atoms with E-state index in [1.54, 1.807) is 0 Å². The van der Waals surface area contributed by atoms with Gasteiger partial charge < -0.3 is 10.4 Å². The topological polar surface area (TPSA) is 61.7 Å². The maximum absolute atomic E-state index is 13.1. The van der Waals surface area contributed by atoms with Crippen molar-refractivity contribution in [2.45, 2.75) is 12.8 Å². The number of aliphatic hydroxyl groups is 1. The first-order valence-electron chi connectivity index (χ1n) is 4.16. The molecule has 0 saturated heterocycles. The third-order valence-corrected chi connectivity index (χ3v) is 1.93. The summed E-state index contributed by atoms with van der Waals surface area (Å²) in [5.41, 5.74) is -0.283. The lowest BCUT2D eigenvalue weighted by atomic mass is 10.2. The van der Waals surface area contributed by atoms with Crippen LogP contribution < -0.4 is 5.32 Å². The summed E-state index contributed by atoms with van der Waals surface area (Å²) >= 11 is 5.57. The van der Waals surface area contributed by atoms with Crippen LogP contribution in [0.5, 0.6) is 0 Å². The molecule has 0 radical (unpaired) electrons.